The molecule has 0 aliphatic heterocycles. The van der Waals surface area contributed by atoms with Crippen LogP contribution in [0.2, 0.25) is 20.1 Å². The highest BCUT2D eigenvalue weighted by Crippen LogP contribution is 2.35. The summed E-state index contributed by atoms with van der Waals surface area (Å²) in [6.45, 7) is -0.133. The molecule has 1 N–H and O–H groups in total. The van der Waals surface area contributed by atoms with Crippen molar-refractivity contribution in [2.75, 3.05) is 23.1 Å². The van der Waals surface area contributed by atoms with Crippen LogP contribution in [0.1, 0.15) is 5.56 Å². The number of sulfonamides is 1. The predicted octanol–water partition coefficient (Wildman–Crippen LogP) is 6.55. The van der Waals surface area contributed by atoms with Crippen LogP contribution in [0.5, 0.6) is 0 Å². The van der Waals surface area contributed by atoms with Crippen molar-refractivity contribution in [3.05, 3.63) is 92.4 Å². The number of amides is 1. The third-order valence-electron chi connectivity index (χ3n) is 4.69. The van der Waals surface area contributed by atoms with Crippen molar-refractivity contribution in [1.82, 2.24) is 5.32 Å². The number of thioether (sulfide) groups is 1. The van der Waals surface area contributed by atoms with Gasteiger partial charge in [0.05, 0.1) is 20.6 Å². The van der Waals surface area contributed by atoms with E-state index in [1.165, 1.54) is 18.2 Å². The van der Waals surface area contributed by atoms with Gasteiger partial charge in [-0.2, -0.15) is 11.8 Å². The fourth-order valence-corrected chi connectivity index (χ4v) is 6.49. The smallest absolute Gasteiger partial charge is 0.264 e. The molecule has 3 rings (SSSR count). The van der Waals surface area contributed by atoms with E-state index in [0.29, 0.717) is 28.1 Å². The summed E-state index contributed by atoms with van der Waals surface area (Å²) in [7, 11) is -4.07. The number of carbonyl (C=O) groups excluding carboxylic acids is 1. The van der Waals surface area contributed by atoms with Gasteiger partial charge < -0.3 is 5.32 Å². The Hall–Kier alpha value is -1.61. The van der Waals surface area contributed by atoms with Crippen molar-refractivity contribution < 1.29 is 13.2 Å². The normalized spacial score (nSPS) is 11.3. The van der Waals surface area contributed by atoms with Crippen LogP contribution in [0.4, 0.5) is 5.69 Å². The van der Waals surface area contributed by atoms with Crippen molar-refractivity contribution in [2.45, 2.75) is 10.6 Å². The second-order valence-corrected chi connectivity index (χ2v) is 11.6. The molecule has 11 heteroatoms. The molecular weight excluding hydrogens is 558 g/mol. The van der Waals surface area contributed by atoms with Crippen LogP contribution in [-0.2, 0) is 20.6 Å². The van der Waals surface area contributed by atoms with Crippen molar-refractivity contribution in [2.24, 2.45) is 0 Å². The molecule has 0 radical (unpaired) electrons. The summed E-state index contributed by atoms with van der Waals surface area (Å²) >= 11 is 26.3. The highest BCUT2D eigenvalue weighted by Gasteiger charge is 2.29. The summed E-state index contributed by atoms with van der Waals surface area (Å²) in [6.07, 6.45) is 0. The van der Waals surface area contributed by atoms with Gasteiger partial charge in [-0.25, -0.2) is 8.42 Å². The highest BCUT2D eigenvalue weighted by atomic mass is 35.5. The average molecular weight is 578 g/mol. The maximum Gasteiger partial charge on any atom is 0.264 e. The number of halogens is 4. The van der Waals surface area contributed by atoms with Crippen LogP contribution in [0.15, 0.2) is 71.6 Å². The molecule has 0 atom stereocenters. The minimum Gasteiger partial charge on any atom is -0.354 e. The van der Waals surface area contributed by atoms with Gasteiger partial charge in [0.15, 0.2) is 0 Å². The number of hydrogen-bond donors (Lipinski definition) is 1. The van der Waals surface area contributed by atoms with Gasteiger partial charge in [-0.15, -0.1) is 0 Å². The standard InChI is InChI=1S/C23H20Cl4N2O3S2/c24-18-8-4-9-19(25)17(18)15-33-13-12-28-22(30)14-29(21-11-5-10-20(26)23(21)27)34(31,32)16-6-2-1-3-7-16/h1-11H,12-15H2,(H,28,30). The molecule has 0 unspecified atom stereocenters. The first-order valence-electron chi connectivity index (χ1n) is 10.0. The highest BCUT2D eigenvalue weighted by molar-refractivity contribution is 7.98. The molecule has 3 aromatic carbocycles. The third-order valence-corrected chi connectivity index (χ3v) is 8.97. The Labute approximate surface area is 223 Å². The van der Waals surface area contributed by atoms with Crippen LogP contribution in [-0.4, -0.2) is 33.2 Å². The minimum atomic E-state index is -4.07. The van der Waals surface area contributed by atoms with Gasteiger partial charge in [0, 0.05) is 28.1 Å². The number of hydrogen-bond acceptors (Lipinski definition) is 4. The first kappa shape index (κ1) is 27.0. The lowest BCUT2D eigenvalue weighted by atomic mass is 10.2. The molecule has 0 spiro atoms. The summed E-state index contributed by atoms with van der Waals surface area (Å²) in [5.41, 5.74) is 0.953. The molecule has 180 valence electrons. The zero-order valence-electron chi connectivity index (χ0n) is 17.7. The molecule has 0 saturated carbocycles. The van der Waals surface area contributed by atoms with Gasteiger partial charge in [-0.05, 0) is 42.0 Å². The maximum absolute atomic E-state index is 13.3. The lowest BCUT2D eigenvalue weighted by Gasteiger charge is -2.25. The van der Waals surface area contributed by atoms with E-state index in [2.05, 4.69) is 5.32 Å². The lowest BCUT2D eigenvalue weighted by Crippen LogP contribution is -2.41. The van der Waals surface area contributed by atoms with E-state index >= 15 is 0 Å². The fourth-order valence-electron chi connectivity index (χ4n) is 3.00. The van der Waals surface area contributed by atoms with Crippen molar-refractivity contribution >= 4 is 79.8 Å². The zero-order valence-corrected chi connectivity index (χ0v) is 22.3. The van der Waals surface area contributed by atoms with Crippen LogP contribution in [0, 0.1) is 0 Å². The Bertz CT molecular complexity index is 1240. The SMILES string of the molecule is O=C(CN(c1cccc(Cl)c1Cl)S(=O)(=O)c1ccccc1)NCCSCc1c(Cl)cccc1Cl. The van der Waals surface area contributed by atoms with Crippen LogP contribution >= 0.6 is 58.2 Å². The fraction of sp³-hybridized carbons (Fsp3) is 0.174. The summed E-state index contributed by atoms with van der Waals surface area (Å²) in [6, 6.07) is 17.8. The molecule has 0 aromatic heterocycles. The van der Waals surface area contributed by atoms with E-state index in [9.17, 15) is 13.2 Å². The summed E-state index contributed by atoms with van der Waals surface area (Å²) in [5.74, 6) is 0.685. The molecule has 0 aliphatic carbocycles. The first-order chi connectivity index (χ1) is 16.2. The van der Waals surface area contributed by atoms with Crippen molar-refractivity contribution in [1.29, 1.82) is 0 Å². The number of rotatable bonds is 10. The first-order valence-corrected chi connectivity index (χ1v) is 14.1. The lowest BCUT2D eigenvalue weighted by molar-refractivity contribution is -0.119. The van der Waals surface area contributed by atoms with Gasteiger partial charge in [-0.3, -0.25) is 9.10 Å². The maximum atomic E-state index is 13.3. The molecular formula is C23H20Cl4N2O3S2. The minimum absolute atomic E-state index is 0.0333. The molecule has 3 aromatic rings. The van der Waals surface area contributed by atoms with Gasteiger partial charge >= 0.3 is 0 Å². The van der Waals surface area contributed by atoms with E-state index in [1.807, 2.05) is 0 Å². The van der Waals surface area contributed by atoms with Gasteiger partial charge in [-0.1, -0.05) is 76.7 Å². The van der Waals surface area contributed by atoms with Crippen molar-refractivity contribution in [3.8, 4) is 0 Å². The zero-order chi connectivity index (χ0) is 24.7. The predicted molar refractivity (Wildman–Crippen MR) is 143 cm³/mol. The average Bonchev–Trinajstić information content (AvgIpc) is 2.81. The number of carbonyl (C=O) groups is 1. The summed E-state index contributed by atoms with van der Waals surface area (Å²) < 4.78 is 27.6. The second kappa shape index (κ2) is 12.4. The summed E-state index contributed by atoms with van der Waals surface area (Å²) in [5, 5.41) is 4.15. The van der Waals surface area contributed by atoms with E-state index < -0.39 is 22.5 Å². The molecule has 0 fully saturated rings. The van der Waals surface area contributed by atoms with E-state index in [-0.39, 0.29) is 20.6 Å². The molecule has 0 heterocycles. The molecule has 5 nitrogen and oxygen atoms in total. The third kappa shape index (κ3) is 6.74. The monoisotopic (exact) mass is 576 g/mol. The summed E-state index contributed by atoms with van der Waals surface area (Å²) in [4.78, 5) is 12.7. The van der Waals surface area contributed by atoms with E-state index in [4.69, 9.17) is 46.4 Å². The topological polar surface area (TPSA) is 66.5 Å². The quantitative estimate of drug-likeness (QED) is 0.278. The Morgan fingerprint density at radius 2 is 1.47 bits per heavy atom. The number of nitrogens with zero attached hydrogens (tertiary/aromatic N) is 1. The van der Waals surface area contributed by atoms with Crippen LogP contribution in [0.3, 0.4) is 0 Å². The van der Waals surface area contributed by atoms with Gasteiger partial charge in [0.2, 0.25) is 5.91 Å². The number of anilines is 1. The number of benzene rings is 3. The van der Waals surface area contributed by atoms with Gasteiger partial charge in [0.1, 0.15) is 6.54 Å². The van der Waals surface area contributed by atoms with E-state index in [1.54, 1.807) is 60.3 Å². The Morgan fingerprint density at radius 3 is 2.15 bits per heavy atom. The number of nitrogens with one attached hydrogen (secondary N) is 1. The largest absolute Gasteiger partial charge is 0.354 e. The molecule has 0 saturated heterocycles. The molecule has 1 amide bonds. The van der Waals surface area contributed by atoms with Crippen LogP contribution in [0.25, 0.3) is 0 Å². The van der Waals surface area contributed by atoms with Crippen molar-refractivity contribution in [3.63, 3.8) is 0 Å². The Balaban J connectivity index is 1.68. The van der Waals surface area contributed by atoms with Crippen LogP contribution < -0.4 is 9.62 Å². The molecule has 0 bridgehead atoms. The van der Waals surface area contributed by atoms with E-state index in [0.717, 1.165) is 9.87 Å². The second-order valence-electron chi connectivity index (χ2n) is 7.00. The molecule has 34 heavy (non-hydrogen) atoms. The Morgan fingerprint density at radius 1 is 0.853 bits per heavy atom. The van der Waals surface area contributed by atoms with Gasteiger partial charge in [0.25, 0.3) is 10.0 Å². The Kier molecular flexibility index (Phi) is 9.83. The molecule has 0 aliphatic rings.